The summed E-state index contributed by atoms with van der Waals surface area (Å²) in [6, 6.07) is 7.54. The van der Waals surface area contributed by atoms with Gasteiger partial charge in [0.2, 0.25) is 0 Å². The zero-order chi connectivity index (χ0) is 21.4. The highest BCUT2D eigenvalue weighted by atomic mass is 16.3. The lowest BCUT2D eigenvalue weighted by molar-refractivity contribution is 0.0981. The second-order valence-corrected chi connectivity index (χ2v) is 9.34. The van der Waals surface area contributed by atoms with E-state index in [2.05, 4.69) is 42.9 Å². The molecule has 6 heteroatoms. The number of nitrogens with two attached hydrogens (primary N) is 2. The van der Waals surface area contributed by atoms with Crippen molar-refractivity contribution in [2.75, 3.05) is 7.05 Å². The van der Waals surface area contributed by atoms with E-state index in [4.69, 9.17) is 11.5 Å². The second-order valence-electron chi connectivity index (χ2n) is 9.34. The fraction of sp³-hybridized carbons (Fsp3) is 0.435. The zero-order valence-corrected chi connectivity index (χ0v) is 18.0. The van der Waals surface area contributed by atoms with Crippen LogP contribution in [0.15, 0.2) is 48.4 Å². The highest BCUT2D eigenvalue weighted by Gasteiger charge is 2.39. The molecule has 29 heavy (non-hydrogen) atoms. The smallest absolute Gasteiger partial charge is 0.125 e. The summed E-state index contributed by atoms with van der Waals surface area (Å²) in [5.41, 5.74) is 14.5. The molecule has 6 nitrogen and oxygen atoms in total. The molecule has 1 saturated heterocycles. The Morgan fingerprint density at radius 1 is 1.17 bits per heavy atom. The monoisotopic (exact) mass is 395 g/mol. The first-order valence-corrected chi connectivity index (χ1v) is 10.0. The van der Waals surface area contributed by atoms with Crippen LogP contribution in [0, 0.1) is 0 Å². The van der Waals surface area contributed by atoms with Gasteiger partial charge in [-0.2, -0.15) is 0 Å². The SMILES string of the molecule is CN(/C(N)=C/C=C(\N)c1cc2ncccc2cc1O)C1CC(C)(C)NC(C)(C)C1. The van der Waals surface area contributed by atoms with Gasteiger partial charge in [0.05, 0.1) is 11.3 Å². The number of hydrogen-bond donors (Lipinski definition) is 4. The Hall–Kier alpha value is -2.73. The minimum Gasteiger partial charge on any atom is -0.507 e. The third kappa shape index (κ3) is 4.82. The molecule has 156 valence electrons. The summed E-state index contributed by atoms with van der Waals surface area (Å²) in [6.45, 7) is 8.90. The van der Waals surface area contributed by atoms with Crippen LogP contribution in [0.2, 0.25) is 0 Å². The average Bonchev–Trinajstić information content (AvgIpc) is 2.62. The first kappa shape index (κ1) is 21.0. The first-order valence-electron chi connectivity index (χ1n) is 10.0. The van der Waals surface area contributed by atoms with Crippen molar-refractivity contribution >= 4 is 16.6 Å². The predicted octanol–water partition coefficient (Wildman–Crippen LogP) is 3.28. The van der Waals surface area contributed by atoms with Gasteiger partial charge in [0.1, 0.15) is 5.75 Å². The van der Waals surface area contributed by atoms with Crippen molar-refractivity contribution in [3.05, 3.63) is 54.0 Å². The lowest BCUT2D eigenvalue weighted by atomic mass is 9.79. The molecule has 0 aliphatic carbocycles. The van der Waals surface area contributed by atoms with E-state index in [1.165, 1.54) is 0 Å². The number of aromatic hydroxyl groups is 1. The molecule has 1 aliphatic heterocycles. The number of benzene rings is 1. The molecule has 1 aromatic heterocycles. The largest absolute Gasteiger partial charge is 0.507 e. The second kappa shape index (κ2) is 7.59. The third-order valence-corrected chi connectivity index (χ3v) is 5.59. The molecule has 2 heterocycles. The minimum absolute atomic E-state index is 0.0414. The van der Waals surface area contributed by atoms with Gasteiger partial charge in [-0.3, -0.25) is 4.98 Å². The summed E-state index contributed by atoms with van der Waals surface area (Å²) in [6.07, 6.45) is 7.26. The lowest BCUT2D eigenvalue weighted by Crippen LogP contribution is -2.61. The van der Waals surface area contributed by atoms with Crippen molar-refractivity contribution in [1.82, 2.24) is 15.2 Å². The van der Waals surface area contributed by atoms with E-state index < -0.39 is 0 Å². The van der Waals surface area contributed by atoms with Gasteiger partial charge in [0, 0.05) is 47.0 Å². The molecule has 3 rings (SSSR count). The molecule has 0 spiro atoms. The standard InChI is InChI=1S/C23H33N5O/c1-22(2)13-16(14-23(3,4)27-22)28(5)21(25)9-8-18(24)17-12-19-15(11-20(17)29)7-6-10-26-19/h6-12,16,27,29H,13-14,24-25H2,1-5H3/b18-8-,21-9+. The highest BCUT2D eigenvalue weighted by molar-refractivity contribution is 5.86. The molecule has 0 saturated carbocycles. The Kier molecular flexibility index (Phi) is 5.50. The summed E-state index contributed by atoms with van der Waals surface area (Å²) >= 11 is 0. The number of aromatic nitrogens is 1. The van der Waals surface area contributed by atoms with E-state index in [0.717, 1.165) is 23.7 Å². The summed E-state index contributed by atoms with van der Waals surface area (Å²) < 4.78 is 0. The Bertz CT molecular complexity index is 945. The molecule has 0 amide bonds. The van der Waals surface area contributed by atoms with Crippen LogP contribution in [0.5, 0.6) is 5.75 Å². The van der Waals surface area contributed by atoms with Crippen molar-refractivity contribution in [3.8, 4) is 5.75 Å². The lowest BCUT2D eigenvalue weighted by Gasteiger charge is -2.49. The maximum absolute atomic E-state index is 10.4. The van der Waals surface area contributed by atoms with Crippen LogP contribution in [0.1, 0.15) is 46.1 Å². The molecule has 0 radical (unpaired) electrons. The number of hydrogen-bond acceptors (Lipinski definition) is 6. The Labute approximate surface area is 173 Å². The summed E-state index contributed by atoms with van der Waals surface area (Å²) in [5, 5.41) is 14.9. The molecule has 2 aromatic rings. The number of pyridine rings is 1. The van der Waals surface area contributed by atoms with Gasteiger partial charge in [-0.15, -0.1) is 0 Å². The molecule has 1 fully saturated rings. The predicted molar refractivity (Wildman–Crippen MR) is 120 cm³/mol. The molecular weight excluding hydrogens is 362 g/mol. The minimum atomic E-state index is 0.0414. The van der Waals surface area contributed by atoms with E-state index in [9.17, 15) is 5.11 Å². The molecule has 6 N–H and O–H groups in total. The number of piperidine rings is 1. The Morgan fingerprint density at radius 3 is 2.48 bits per heavy atom. The Balaban J connectivity index is 1.82. The molecule has 0 unspecified atom stereocenters. The van der Waals surface area contributed by atoms with Gasteiger partial charge in [0.25, 0.3) is 0 Å². The number of nitrogens with zero attached hydrogens (tertiary/aromatic N) is 2. The van der Waals surface area contributed by atoms with E-state index in [1.54, 1.807) is 30.5 Å². The van der Waals surface area contributed by atoms with Crippen molar-refractivity contribution in [3.63, 3.8) is 0 Å². The van der Waals surface area contributed by atoms with E-state index >= 15 is 0 Å². The van der Waals surface area contributed by atoms with Crippen LogP contribution >= 0.6 is 0 Å². The van der Waals surface area contributed by atoms with Crippen molar-refractivity contribution in [2.45, 2.75) is 57.7 Å². The molecule has 1 aliphatic rings. The van der Waals surface area contributed by atoms with Crippen LogP contribution < -0.4 is 16.8 Å². The molecule has 1 aromatic carbocycles. The number of phenols is 1. The van der Waals surface area contributed by atoms with Gasteiger partial charge < -0.3 is 26.8 Å². The van der Waals surface area contributed by atoms with Crippen LogP contribution in [-0.4, -0.2) is 39.2 Å². The molecule has 0 atom stereocenters. The van der Waals surface area contributed by atoms with E-state index in [-0.39, 0.29) is 16.8 Å². The van der Waals surface area contributed by atoms with Crippen molar-refractivity contribution in [1.29, 1.82) is 0 Å². The summed E-state index contributed by atoms with van der Waals surface area (Å²) in [7, 11) is 2.02. The maximum Gasteiger partial charge on any atom is 0.125 e. The van der Waals surface area contributed by atoms with Crippen LogP contribution in [0.3, 0.4) is 0 Å². The number of nitrogens with one attached hydrogen (secondary N) is 1. The zero-order valence-electron chi connectivity index (χ0n) is 18.0. The van der Waals surface area contributed by atoms with Crippen LogP contribution in [0.4, 0.5) is 0 Å². The fourth-order valence-corrected chi connectivity index (χ4v) is 4.48. The van der Waals surface area contributed by atoms with Gasteiger partial charge >= 0.3 is 0 Å². The quantitative estimate of drug-likeness (QED) is 0.593. The third-order valence-electron chi connectivity index (χ3n) is 5.59. The van der Waals surface area contributed by atoms with Crippen LogP contribution in [-0.2, 0) is 0 Å². The summed E-state index contributed by atoms with van der Waals surface area (Å²) in [5.74, 6) is 0.770. The van der Waals surface area contributed by atoms with Gasteiger partial charge in [-0.25, -0.2) is 0 Å². The van der Waals surface area contributed by atoms with Crippen LogP contribution in [0.25, 0.3) is 16.6 Å². The van der Waals surface area contributed by atoms with Crippen molar-refractivity contribution < 1.29 is 5.11 Å². The van der Waals surface area contributed by atoms with Gasteiger partial charge in [-0.05, 0) is 70.9 Å². The number of phenolic OH excluding ortho intramolecular Hbond substituents is 1. The molecule has 0 bridgehead atoms. The van der Waals surface area contributed by atoms with E-state index in [0.29, 0.717) is 23.1 Å². The maximum atomic E-state index is 10.4. The highest BCUT2D eigenvalue weighted by Crippen LogP contribution is 2.32. The average molecular weight is 396 g/mol. The normalized spacial score (nSPS) is 20.0. The molecular formula is C23H33N5O. The number of allylic oxidation sites excluding steroid dienone is 2. The number of fused-ring (bicyclic) bond motifs is 1. The van der Waals surface area contributed by atoms with Gasteiger partial charge in [-0.1, -0.05) is 6.07 Å². The first-order chi connectivity index (χ1) is 13.5. The topological polar surface area (TPSA) is 100 Å². The number of rotatable bonds is 4. The van der Waals surface area contributed by atoms with E-state index in [1.807, 2.05) is 19.2 Å². The summed E-state index contributed by atoms with van der Waals surface area (Å²) in [4.78, 5) is 6.45. The van der Waals surface area contributed by atoms with Crippen molar-refractivity contribution in [2.24, 2.45) is 11.5 Å². The fourth-order valence-electron chi connectivity index (χ4n) is 4.48. The van der Waals surface area contributed by atoms with Gasteiger partial charge in [0.15, 0.2) is 0 Å². The Morgan fingerprint density at radius 2 is 1.83 bits per heavy atom.